The lowest BCUT2D eigenvalue weighted by Crippen LogP contribution is -2.31. The van der Waals surface area contributed by atoms with Gasteiger partial charge in [0.05, 0.1) is 0 Å². The molecule has 0 aromatic rings. The normalized spacial score (nSPS) is 9.67. The van der Waals surface area contributed by atoms with Gasteiger partial charge in [0.15, 0.2) is 0 Å². The summed E-state index contributed by atoms with van der Waals surface area (Å²) in [5, 5.41) is 5.13. The van der Waals surface area contributed by atoms with Crippen LogP contribution >= 0.6 is 0 Å². The molecular formula is C8H16N2O2. The Bertz CT molecular complexity index is 166. The lowest BCUT2D eigenvalue weighted by Gasteiger charge is -2.06. The van der Waals surface area contributed by atoms with E-state index in [1.54, 1.807) is 7.05 Å². The highest BCUT2D eigenvalue weighted by atomic mass is 16.2. The monoisotopic (exact) mass is 172 g/mol. The zero-order valence-corrected chi connectivity index (χ0v) is 7.81. The fourth-order valence-corrected chi connectivity index (χ4v) is 0.628. The molecule has 0 radical (unpaired) electrons. The topological polar surface area (TPSA) is 58.2 Å². The maximum absolute atomic E-state index is 11.0. The number of hydrogen-bond donors (Lipinski definition) is 2. The van der Waals surface area contributed by atoms with Crippen molar-refractivity contribution < 1.29 is 9.59 Å². The van der Waals surface area contributed by atoms with E-state index in [0.717, 1.165) is 0 Å². The minimum absolute atomic E-state index is 0.0149. The SMILES string of the molecule is CNC(=O)CCNC(=O)C(C)C. The van der Waals surface area contributed by atoms with Crippen molar-refractivity contribution in [3.63, 3.8) is 0 Å². The lowest BCUT2D eigenvalue weighted by molar-refractivity contribution is -0.124. The van der Waals surface area contributed by atoms with Gasteiger partial charge >= 0.3 is 0 Å². The highest BCUT2D eigenvalue weighted by Crippen LogP contribution is 1.89. The van der Waals surface area contributed by atoms with Crippen LogP contribution in [0.2, 0.25) is 0 Å². The first-order valence-corrected chi connectivity index (χ1v) is 4.06. The largest absolute Gasteiger partial charge is 0.359 e. The van der Waals surface area contributed by atoms with Gasteiger partial charge in [-0.15, -0.1) is 0 Å². The Balaban J connectivity index is 3.44. The number of nitrogens with one attached hydrogen (secondary N) is 2. The van der Waals surface area contributed by atoms with Crippen LogP contribution < -0.4 is 10.6 Å². The van der Waals surface area contributed by atoms with Gasteiger partial charge in [0.2, 0.25) is 11.8 Å². The Morgan fingerprint density at radius 1 is 1.33 bits per heavy atom. The predicted octanol–water partition coefficient (Wildman–Crippen LogP) is -0.105. The summed E-state index contributed by atoms with van der Waals surface area (Å²) in [5.74, 6) is -0.0901. The zero-order valence-electron chi connectivity index (χ0n) is 7.81. The number of rotatable bonds is 4. The van der Waals surface area contributed by atoms with Crippen molar-refractivity contribution in [2.75, 3.05) is 13.6 Å². The van der Waals surface area contributed by atoms with Gasteiger partial charge in [0.1, 0.15) is 0 Å². The molecule has 0 atom stereocenters. The summed E-state index contributed by atoms with van der Waals surface area (Å²) in [6.07, 6.45) is 0.342. The first-order valence-electron chi connectivity index (χ1n) is 4.06. The summed E-state index contributed by atoms with van der Waals surface area (Å²) < 4.78 is 0. The highest BCUT2D eigenvalue weighted by Gasteiger charge is 2.05. The van der Waals surface area contributed by atoms with Gasteiger partial charge in [0, 0.05) is 25.9 Å². The van der Waals surface area contributed by atoms with Gasteiger partial charge in [-0.25, -0.2) is 0 Å². The summed E-state index contributed by atoms with van der Waals surface area (Å²) >= 11 is 0. The van der Waals surface area contributed by atoms with Crippen molar-refractivity contribution in [3.8, 4) is 0 Å². The van der Waals surface area contributed by atoms with E-state index in [2.05, 4.69) is 10.6 Å². The molecule has 0 spiro atoms. The van der Waals surface area contributed by atoms with E-state index < -0.39 is 0 Å². The lowest BCUT2D eigenvalue weighted by atomic mass is 10.2. The fourth-order valence-electron chi connectivity index (χ4n) is 0.628. The molecule has 2 N–H and O–H groups in total. The van der Waals surface area contributed by atoms with Gasteiger partial charge in [-0.1, -0.05) is 13.8 Å². The highest BCUT2D eigenvalue weighted by molar-refractivity contribution is 5.79. The maximum atomic E-state index is 11.0. The van der Waals surface area contributed by atoms with Crippen LogP contribution in [0.4, 0.5) is 0 Å². The Morgan fingerprint density at radius 2 is 1.92 bits per heavy atom. The average molecular weight is 172 g/mol. The molecular weight excluding hydrogens is 156 g/mol. The van der Waals surface area contributed by atoms with Crippen LogP contribution in [0.25, 0.3) is 0 Å². The molecule has 70 valence electrons. The molecule has 2 amide bonds. The Hall–Kier alpha value is -1.06. The summed E-state index contributed by atoms with van der Waals surface area (Å²) in [6, 6.07) is 0. The van der Waals surface area contributed by atoms with Crippen LogP contribution in [0, 0.1) is 5.92 Å². The number of carbonyl (C=O) groups excluding carboxylic acids is 2. The fraction of sp³-hybridized carbons (Fsp3) is 0.750. The van der Waals surface area contributed by atoms with E-state index >= 15 is 0 Å². The molecule has 0 fully saturated rings. The van der Waals surface area contributed by atoms with Crippen molar-refractivity contribution in [1.82, 2.24) is 10.6 Å². The predicted molar refractivity (Wildman–Crippen MR) is 46.5 cm³/mol. The van der Waals surface area contributed by atoms with Gasteiger partial charge < -0.3 is 10.6 Å². The molecule has 0 aliphatic carbocycles. The van der Waals surface area contributed by atoms with Crippen LogP contribution in [0.15, 0.2) is 0 Å². The first kappa shape index (κ1) is 10.9. The zero-order chi connectivity index (χ0) is 9.56. The molecule has 0 aliphatic heterocycles. The molecule has 0 bridgehead atoms. The Morgan fingerprint density at radius 3 is 2.33 bits per heavy atom. The summed E-state index contributed by atoms with van der Waals surface area (Å²) in [4.78, 5) is 21.7. The van der Waals surface area contributed by atoms with Crippen LogP contribution in [0.5, 0.6) is 0 Å². The molecule has 4 nitrogen and oxygen atoms in total. The second kappa shape index (κ2) is 5.57. The third-order valence-corrected chi connectivity index (χ3v) is 1.45. The molecule has 0 heterocycles. The summed E-state index contributed by atoms with van der Waals surface area (Å²) in [6.45, 7) is 4.04. The third-order valence-electron chi connectivity index (χ3n) is 1.45. The Kier molecular flexibility index (Phi) is 5.08. The van der Waals surface area contributed by atoms with E-state index in [1.165, 1.54) is 0 Å². The molecule has 0 saturated heterocycles. The number of hydrogen-bond acceptors (Lipinski definition) is 2. The quantitative estimate of drug-likeness (QED) is 0.622. The second-order valence-electron chi connectivity index (χ2n) is 2.87. The average Bonchev–Trinajstić information content (AvgIpc) is 2.03. The number of carbonyl (C=O) groups is 2. The Labute approximate surface area is 72.7 Å². The molecule has 4 heteroatoms. The molecule has 0 saturated carbocycles. The van der Waals surface area contributed by atoms with Crippen molar-refractivity contribution in [2.45, 2.75) is 20.3 Å². The van der Waals surface area contributed by atoms with E-state index in [1.807, 2.05) is 13.8 Å². The van der Waals surface area contributed by atoms with Gasteiger partial charge in [-0.2, -0.15) is 0 Å². The molecule has 0 rings (SSSR count). The summed E-state index contributed by atoms with van der Waals surface area (Å²) in [5.41, 5.74) is 0. The maximum Gasteiger partial charge on any atom is 0.222 e. The minimum atomic E-state index is -0.0564. The van der Waals surface area contributed by atoms with Crippen molar-refractivity contribution in [3.05, 3.63) is 0 Å². The van der Waals surface area contributed by atoms with Crippen molar-refractivity contribution in [1.29, 1.82) is 0 Å². The first-order chi connectivity index (χ1) is 5.57. The van der Waals surface area contributed by atoms with Crippen molar-refractivity contribution >= 4 is 11.8 Å². The van der Waals surface area contributed by atoms with Gasteiger partial charge in [-0.05, 0) is 0 Å². The van der Waals surface area contributed by atoms with Crippen molar-refractivity contribution in [2.24, 2.45) is 5.92 Å². The van der Waals surface area contributed by atoms with E-state index in [-0.39, 0.29) is 17.7 Å². The second-order valence-corrected chi connectivity index (χ2v) is 2.87. The third kappa shape index (κ3) is 4.71. The van der Waals surface area contributed by atoms with Crippen LogP contribution in [0.3, 0.4) is 0 Å². The molecule has 0 unspecified atom stereocenters. The van der Waals surface area contributed by atoms with Crippen LogP contribution in [-0.2, 0) is 9.59 Å². The smallest absolute Gasteiger partial charge is 0.222 e. The molecule has 12 heavy (non-hydrogen) atoms. The van der Waals surface area contributed by atoms with E-state index in [9.17, 15) is 9.59 Å². The molecule has 0 aliphatic rings. The van der Waals surface area contributed by atoms with Gasteiger partial charge in [-0.3, -0.25) is 9.59 Å². The van der Waals surface area contributed by atoms with Gasteiger partial charge in [0.25, 0.3) is 0 Å². The minimum Gasteiger partial charge on any atom is -0.359 e. The summed E-state index contributed by atoms with van der Waals surface area (Å²) in [7, 11) is 1.58. The van der Waals surface area contributed by atoms with E-state index in [0.29, 0.717) is 13.0 Å². The number of amides is 2. The van der Waals surface area contributed by atoms with Crippen LogP contribution in [0.1, 0.15) is 20.3 Å². The molecule has 0 aromatic carbocycles. The van der Waals surface area contributed by atoms with Crippen LogP contribution in [-0.4, -0.2) is 25.4 Å². The van der Waals surface area contributed by atoms with E-state index in [4.69, 9.17) is 0 Å². The standard InChI is InChI=1S/C8H16N2O2/c1-6(2)8(12)10-5-4-7(11)9-3/h6H,4-5H2,1-3H3,(H,9,11)(H,10,12). The molecule has 0 aromatic heterocycles.